The number of aromatic nitrogens is 4. The van der Waals surface area contributed by atoms with Gasteiger partial charge in [0, 0.05) is 0 Å². The first-order valence-electron chi connectivity index (χ1n) is 5.46. The van der Waals surface area contributed by atoms with Crippen LogP contribution in [0.15, 0.2) is 18.3 Å². The molecule has 6 nitrogen and oxygen atoms in total. The molecule has 3 rings (SSSR count). The van der Waals surface area contributed by atoms with Crippen molar-refractivity contribution >= 4 is 16.9 Å². The molecule has 0 spiro atoms. The SMILES string of the molecule is N#Cc1cc(F)c(N)nc1-c1[nH]nc2ncc(F)cc12. The van der Waals surface area contributed by atoms with E-state index in [9.17, 15) is 8.78 Å². The number of fused-ring (bicyclic) bond motifs is 1. The quantitative estimate of drug-likeness (QED) is 0.702. The van der Waals surface area contributed by atoms with Gasteiger partial charge in [-0.15, -0.1) is 0 Å². The van der Waals surface area contributed by atoms with Gasteiger partial charge in [0.15, 0.2) is 17.3 Å². The van der Waals surface area contributed by atoms with E-state index < -0.39 is 11.6 Å². The van der Waals surface area contributed by atoms with Crippen molar-refractivity contribution in [3.63, 3.8) is 0 Å². The number of nitrogens with one attached hydrogen (secondary N) is 1. The van der Waals surface area contributed by atoms with Gasteiger partial charge in [0.25, 0.3) is 0 Å². The van der Waals surface area contributed by atoms with Crippen molar-refractivity contribution in [1.29, 1.82) is 5.26 Å². The third kappa shape index (κ3) is 1.73. The van der Waals surface area contributed by atoms with Crippen molar-refractivity contribution < 1.29 is 8.78 Å². The van der Waals surface area contributed by atoms with Crippen LogP contribution in [0.2, 0.25) is 0 Å². The molecule has 0 saturated carbocycles. The average Bonchev–Trinajstić information content (AvgIpc) is 2.84. The Hall–Kier alpha value is -3.08. The lowest BCUT2D eigenvalue weighted by Gasteiger charge is -2.03. The smallest absolute Gasteiger partial charge is 0.181 e. The van der Waals surface area contributed by atoms with Crippen LogP contribution in [0.1, 0.15) is 5.56 Å². The number of halogens is 2. The van der Waals surface area contributed by atoms with Gasteiger partial charge in [-0.1, -0.05) is 0 Å². The molecule has 98 valence electrons. The van der Waals surface area contributed by atoms with Gasteiger partial charge in [0.1, 0.15) is 17.6 Å². The van der Waals surface area contributed by atoms with E-state index in [1.807, 2.05) is 6.07 Å². The fraction of sp³-hybridized carbons (Fsp3) is 0. The molecule has 0 radical (unpaired) electrons. The molecule has 0 unspecified atom stereocenters. The Balaban J connectivity index is 2.34. The molecule has 20 heavy (non-hydrogen) atoms. The van der Waals surface area contributed by atoms with Crippen molar-refractivity contribution in [3.8, 4) is 17.5 Å². The van der Waals surface area contributed by atoms with E-state index in [1.54, 1.807) is 0 Å². The number of rotatable bonds is 1. The summed E-state index contributed by atoms with van der Waals surface area (Å²) in [6.45, 7) is 0. The first kappa shape index (κ1) is 12.0. The topological polar surface area (TPSA) is 104 Å². The Kier molecular flexibility index (Phi) is 2.54. The van der Waals surface area contributed by atoms with Gasteiger partial charge in [-0.3, -0.25) is 5.10 Å². The number of nitrogens with zero attached hydrogens (tertiary/aromatic N) is 4. The minimum atomic E-state index is -0.793. The molecule has 3 heterocycles. The largest absolute Gasteiger partial charge is 0.381 e. The molecule has 0 amide bonds. The van der Waals surface area contributed by atoms with Crippen molar-refractivity contribution in [1.82, 2.24) is 20.2 Å². The highest BCUT2D eigenvalue weighted by atomic mass is 19.1. The predicted octanol–water partition coefficient (Wildman–Crippen LogP) is 1.75. The zero-order valence-corrected chi connectivity index (χ0v) is 9.85. The van der Waals surface area contributed by atoms with Crippen LogP contribution in [0, 0.1) is 23.0 Å². The van der Waals surface area contributed by atoms with E-state index in [-0.39, 0.29) is 28.4 Å². The summed E-state index contributed by atoms with van der Waals surface area (Å²) in [6.07, 6.45) is 1.02. The summed E-state index contributed by atoms with van der Waals surface area (Å²) in [6, 6.07) is 3.98. The second-order valence-electron chi connectivity index (χ2n) is 3.99. The highest BCUT2D eigenvalue weighted by molar-refractivity contribution is 5.91. The number of nitrogens with two attached hydrogens (primary N) is 1. The lowest BCUT2D eigenvalue weighted by molar-refractivity contribution is 0.624. The van der Waals surface area contributed by atoms with Crippen LogP contribution in [0.4, 0.5) is 14.6 Å². The summed E-state index contributed by atoms with van der Waals surface area (Å²) in [5.74, 6) is -1.71. The van der Waals surface area contributed by atoms with Gasteiger partial charge < -0.3 is 5.73 Å². The molecule has 3 N–H and O–H groups in total. The normalized spacial score (nSPS) is 10.7. The lowest BCUT2D eigenvalue weighted by Crippen LogP contribution is -2.00. The summed E-state index contributed by atoms with van der Waals surface area (Å²) in [5, 5.41) is 15.9. The molecule has 0 aliphatic carbocycles. The zero-order chi connectivity index (χ0) is 14.3. The van der Waals surface area contributed by atoms with Crippen LogP contribution in [-0.2, 0) is 0 Å². The van der Waals surface area contributed by atoms with Crippen LogP contribution < -0.4 is 5.73 Å². The van der Waals surface area contributed by atoms with Crippen LogP contribution in [0.25, 0.3) is 22.4 Å². The fourth-order valence-corrected chi connectivity index (χ4v) is 1.83. The molecule has 0 aliphatic rings. The third-order valence-corrected chi connectivity index (χ3v) is 2.74. The van der Waals surface area contributed by atoms with Crippen LogP contribution in [0.3, 0.4) is 0 Å². The van der Waals surface area contributed by atoms with Gasteiger partial charge in [0.05, 0.1) is 22.8 Å². The predicted molar refractivity (Wildman–Crippen MR) is 66.2 cm³/mol. The maximum absolute atomic E-state index is 13.3. The summed E-state index contributed by atoms with van der Waals surface area (Å²) in [4.78, 5) is 7.61. The van der Waals surface area contributed by atoms with E-state index in [1.165, 1.54) is 6.07 Å². The highest BCUT2D eigenvalue weighted by Crippen LogP contribution is 2.28. The number of nitrogen functional groups attached to an aromatic ring is 1. The van der Waals surface area contributed by atoms with Gasteiger partial charge in [-0.05, 0) is 12.1 Å². The molecule has 0 bridgehead atoms. The molecule has 3 aromatic rings. The second kappa shape index (κ2) is 4.24. The number of nitriles is 1. The summed E-state index contributed by atoms with van der Waals surface area (Å²) in [7, 11) is 0. The number of hydrogen-bond acceptors (Lipinski definition) is 5. The lowest BCUT2D eigenvalue weighted by atomic mass is 10.1. The second-order valence-corrected chi connectivity index (χ2v) is 3.99. The molecule has 3 aromatic heterocycles. The molecule has 0 atom stereocenters. The Morgan fingerprint density at radius 3 is 2.85 bits per heavy atom. The van der Waals surface area contributed by atoms with Crippen LogP contribution >= 0.6 is 0 Å². The third-order valence-electron chi connectivity index (χ3n) is 2.74. The van der Waals surface area contributed by atoms with Crippen molar-refractivity contribution in [2.75, 3.05) is 5.73 Å². The van der Waals surface area contributed by atoms with E-state index in [4.69, 9.17) is 11.0 Å². The average molecular weight is 272 g/mol. The van der Waals surface area contributed by atoms with Crippen molar-refractivity contribution in [3.05, 3.63) is 35.5 Å². The Morgan fingerprint density at radius 2 is 2.10 bits per heavy atom. The summed E-state index contributed by atoms with van der Waals surface area (Å²) >= 11 is 0. The minimum Gasteiger partial charge on any atom is -0.381 e. The maximum Gasteiger partial charge on any atom is 0.181 e. The molecule has 0 saturated heterocycles. The Labute approximate surface area is 110 Å². The molecule has 0 fully saturated rings. The van der Waals surface area contributed by atoms with Crippen LogP contribution in [-0.4, -0.2) is 20.2 Å². The first-order valence-corrected chi connectivity index (χ1v) is 5.46. The number of pyridine rings is 2. The van der Waals surface area contributed by atoms with Gasteiger partial charge in [-0.25, -0.2) is 18.7 Å². The molecular weight excluding hydrogens is 266 g/mol. The standard InChI is InChI=1S/C12H6F2N6/c13-6-2-7-10(19-20-12(7)17-4-6)9-5(3-15)1-8(14)11(16)18-9/h1-2,4H,(H2,16,18)(H,17,19,20). The van der Waals surface area contributed by atoms with E-state index in [0.717, 1.165) is 12.3 Å². The zero-order valence-electron chi connectivity index (χ0n) is 9.85. The van der Waals surface area contributed by atoms with E-state index in [2.05, 4.69) is 20.2 Å². The Morgan fingerprint density at radius 1 is 1.30 bits per heavy atom. The van der Waals surface area contributed by atoms with E-state index >= 15 is 0 Å². The molecule has 8 heteroatoms. The van der Waals surface area contributed by atoms with E-state index in [0.29, 0.717) is 5.39 Å². The molecule has 0 aliphatic heterocycles. The summed E-state index contributed by atoms with van der Waals surface area (Å²) < 4.78 is 26.6. The fourth-order valence-electron chi connectivity index (χ4n) is 1.83. The number of aromatic amines is 1. The number of H-pyrrole nitrogens is 1. The Bertz CT molecular complexity index is 864. The van der Waals surface area contributed by atoms with Crippen molar-refractivity contribution in [2.45, 2.75) is 0 Å². The van der Waals surface area contributed by atoms with Gasteiger partial charge >= 0.3 is 0 Å². The van der Waals surface area contributed by atoms with Crippen molar-refractivity contribution in [2.24, 2.45) is 0 Å². The monoisotopic (exact) mass is 272 g/mol. The first-order chi connectivity index (χ1) is 9.60. The van der Waals surface area contributed by atoms with Gasteiger partial charge in [0.2, 0.25) is 0 Å². The molecule has 0 aromatic carbocycles. The minimum absolute atomic E-state index is 0.0356. The highest BCUT2D eigenvalue weighted by Gasteiger charge is 2.17. The maximum atomic E-state index is 13.3. The summed E-state index contributed by atoms with van der Waals surface area (Å²) in [5.41, 5.74) is 5.99. The number of anilines is 1. The molecular formula is C12H6F2N6. The van der Waals surface area contributed by atoms with Crippen LogP contribution in [0.5, 0.6) is 0 Å². The number of hydrogen-bond donors (Lipinski definition) is 2. The van der Waals surface area contributed by atoms with Gasteiger partial charge in [-0.2, -0.15) is 10.4 Å².